The summed E-state index contributed by atoms with van der Waals surface area (Å²) in [5, 5.41) is 3.27. The number of aromatic nitrogens is 1. The highest BCUT2D eigenvalue weighted by Gasteiger charge is 2.10. The molecule has 3 rings (SSSR count). The van der Waals surface area contributed by atoms with E-state index in [1.807, 2.05) is 6.07 Å². The molecule has 0 aliphatic rings. The van der Waals surface area contributed by atoms with Crippen LogP contribution in [-0.2, 0) is 0 Å². The van der Waals surface area contributed by atoms with Crippen LogP contribution < -0.4 is 11.1 Å². The molecule has 4 nitrogen and oxygen atoms in total. The maximum atomic E-state index is 5.74. The van der Waals surface area contributed by atoms with Crippen molar-refractivity contribution in [2.45, 2.75) is 19.9 Å². The van der Waals surface area contributed by atoms with E-state index in [2.05, 4.69) is 48.4 Å². The predicted octanol–water partition coefficient (Wildman–Crippen LogP) is 3.89. The Labute approximate surface area is 117 Å². The fraction of sp³-hybridized carbons (Fsp3) is 0.188. The third-order valence-electron chi connectivity index (χ3n) is 3.33. The van der Waals surface area contributed by atoms with E-state index in [0.717, 1.165) is 11.1 Å². The summed E-state index contributed by atoms with van der Waals surface area (Å²) in [6, 6.07) is 14.5. The maximum Gasteiger partial charge on any atom is 0.296 e. The molecule has 4 heteroatoms. The van der Waals surface area contributed by atoms with E-state index in [1.165, 1.54) is 11.1 Å². The molecule has 0 aliphatic heterocycles. The Morgan fingerprint density at radius 1 is 1.15 bits per heavy atom. The normalized spacial score (nSPS) is 12.5. The molecule has 3 aromatic rings. The summed E-state index contributed by atoms with van der Waals surface area (Å²) in [5.41, 5.74) is 10.4. The lowest BCUT2D eigenvalue weighted by Crippen LogP contribution is -2.06. The van der Waals surface area contributed by atoms with Crippen LogP contribution >= 0.6 is 0 Å². The highest BCUT2D eigenvalue weighted by atomic mass is 16.4. The summed E-state index contributed by atoms with van der Waals surface area (Å²) in [7, 11) is 0. The fourth-order valence-corrected chi connectivity index (χ4v) is 2.13. The number of oxazole rings is 1. The van der Waals surface area contributed by atoms with E-state index in [9.17, 15) is 0 Å². The molecule has 1 aromatic heterocycles. The molecule has 1 heterocycles. The molecule has 1 unspecified atom stereocenters. The van der Waals surface area contributed by atoms with Crippen LogP contribution in [0.5, 0.6) is 0 Å². The minimum atomic E-state index is 0.126. The molecule has 0 aliphatic carbocycles. The molecule has 1 atom stereocenters. The molecule has 0 fully saturated rings. The van der Waals surface area contributed by atoms with Crippen molar-refractivity contribution >= 4 is 22.8 Å². The third-order valence-corrected chi connectivity index (χ3v) is 3.33. The smallest absolute Gasteiger partial charge is 0.296 e. The highest BCUT2D eigenvalue weighted by Crippen LogP contribution is 2.24. The quantitative estimate of drug-likeness (QED) is 0.706. The van der Waals surface area contributed by atoms with Crippen LogP contribution in [0.2, 0.25) is 0 Å². The standard InChI is InChI=1S/C16H17N3O/c1-10-3-5-12(6-4-10)11(2)18-16-19-14-9-13(17)7-8-15(14)20-16/h3-9,11H,17H2,1-2H3,(H,18,19). The summed E-state index contributed by atoms with van der Waals surface area (Å²) >= 11 is 0. The van der Waals surface area contributed by atoms with E-state index in [1.54, 1.807) is 12.1 Å². The predicted molar refractivity (Wildman–Crippen MR) is 81.6 cm³/mol. The second-order valence-electron chi connectivity index (χ2n) is 5.02. The van der Waals surface area contributed by atoms with Crippen LogP contribution in [0.15, 0.2) is 46.9 Å². The Bertz CT molecular complexity index is 731. The van der Waals surface area contributed by atoms with Gasteiger partial charge < -0.3 is 15.5 Å². The van der Waals surface area contributed by atoms with Gasteiger partial charge in [0.15, 0.2) is 5.58 Å². The van der Waals surface area contributed by atoms with Crippen molar-refractivity contribution < 1.29 is 4.42 Å². The molecular formula is C16H17N3O. The van der Waals surface area contributed by atoms with Crippen molar-refractivity contribution in [1.29, 1.82) is 0 Å². The number of hydrogen-bond donors (Lipinski definition) is 2. The number of fused-ring (bicyclic) bond motifs is 1. The Hall–Kier alpha value is -2.49. The minimum Gasteiger partial charge on any atom is -0.424 e. The average molecular weight is 267 g/mol. The van der Waals surface area contributed by atoms with Gasteiger partial charge in [-0.05, 0) is 37.6 Å². The third kappa shape index (κ3) is 2.45. The van der Waals surface area contributed by atoms with Crippen LogP contribution in [0.1, 0.15) is 24.1 Å². The number of nitrogens with one attached hydrogen (secondary N) is 1. The maximum absolute atomic E-state index is 5.74. The second kappa shape index (κ2) is 4.89. The van der Waals surface area contributed by atoms with Gasteiger partial charge in [0, 0.05) is 5.69 Å². The number of anilines is 2. The van der Waals surface area contributed by atoms with E-state index >= 15 is 0 Å². The number of aryl methyl sites for hydroxylation is 1. The minimum absolute atomic E-state index is 0.126. The number of nitrogen functional groups attached to an aromatic ring is 1. The van der Waals surface area contributed by atoms with Gasteiger partial charge in [0.2, 0.25) is 0 Å². The summed E-state index contributed by atoms with van der Waals surface area (Å²) < 4.78 is 5.66. The van der Waals surface area contributed by atoms with E-state index in [0.29, 0.717) is 11.7 Å². The number of nitrogens with zero attached hydrogens (tertiary/aromatic N) is 1. The van der Waals surface area contributed by atoms with Gasteiger partial charge in [-0.2, -0.15) is 4.98 Å². The first-order chi connectivity index (χ1) is 9.61. The van der Waals surface area contributed by atoms with E-state index in [-0.39, 0.29) is 6.04 Å². The van der Waals surface area contributed by atoms with Crippen LogP contribution in [0.25, 0.3) is 11.1 Å². The SMILES string of the molecule is Cc1ccc(C(C)Nc2nc3cc(N)ccc3o2)cc1. The lowest BCUT2D eigenvalue weighted by atomic mass is 10.1. The number of rotatable bonds is 3. The van der Waals surface area contributed by atoms with E-state index < -0.39 is 0 Å². The van der Waals surface area contributed by atoms with Crippen LogP contribution in [0.3, 0.4) is 0 Å². The largest absolute Gasteiger partial charge is 0.424 e. The topological polar surface area (TPSA) is 64.1 Å². The molecule has 102 valence electrons. The molecule has 3 N–H and O–H groups in total. The Morgan fingerprint density at radius 3 is 2.65 bits per heavy atom. The average Bonchev–Trinajstić information content (AvgIpc) is 2.80. The molecule has 0 saturated carbocycles. The number of hydrogen-bond acceptors (Lipinski definition) is 4. The summed E-state index contributed by atoms with van der Waals surface area (Å²) in [4.78, 5) is 4.40. The lowest BCUT2D eigenvalue weighted by Gasteiger charge is -2.12. The van der Waals surface area contributed by atoms with Crippen LogP contribution in [-0.4, -0.2) is 4.98 Å². The van der Waals surface area contributed by atoms with Gasteiger partial charge in [-0.15, -0.1) is 0 Å². The lowest BCUT2D eigenvalue weighted by molar-refractivity contribution is 0.604. The van der Waals surface area contributed by atoms with E-state index in [4.69, 9.17) is 10.2 Å². The molecule has 2 aromatic carbocycles. The first-order valence-corrected chi connectivity index (χ1v) is 6.61. The molecule has 0 saturated heterocycles. The Morgan fingerprint density at radius 2 is 1.90 bits per heavy atom. The summed E-state index contributed by atoms with van der Waals surface area (Å²) in [5.74, 6) is 0. The summed E-state index contributed by atoms with van der Waals surface area (Å²) in [6.07, 6.45) is 0. The van der Waals surface area contributed by atoms with Gasteiger partial charge in [-0.25, -0.2) is 0 Å². The number of nitrogens with two attached hydrogens (primary N) is 1. The molecule has 20 heavy (non-hydrogen) atoms. The van der Waals surface area contributed by atoms with Gasteiger partial charge in [-0.3, -0.25) is 0 Å². The van der Waals surface area contributed by atoms with Gasteiger partial charge >= 0.3 is 0 Å². The Kier molecular flexibility index (Phi) is 3.06. The summed E-state index contributed by atoms with van der Waals surface area (Å²) in [6.45, 7) is 4.15. The second-order valence-corrected chi connectivity index (χ2v) is 5.02. The van der Waals surface area contributed by atoms with Crippen molar-refractivity contribution in [3.63, 3.8) is 0 Å². The van der Waals surface area contributed by atoms with Crippen molar-refractivity contribution in [2.75, 3.05) is 11.1 Å². The molecular weight excluding hydrogens is 250 g/mol. The first kappa shape index (κ1) is 12.5. The van der Waals surface area contributed by atoms with Crippen molar-refractivity contribution in [3.05, 3.63) is 53.6 Å². The molecule has 0 amide bonds. The van der Waals surface area contributed by atoms with Crippen LogP contribution in [0.4, 0.5) is 11.7 Å². The zero-order chi connectivity index (χ0) is 14.1. The zero-order valence-electron chi connectivity index (χ0n) is 11.6. The van der Waals surface area contributed by atoms with Crippen molar-refractivity contribution in [2.24, 2.45) is 0 Å². The monoisotopic (exact) mass is 267 g/mol. The van der Waals surface area contributed by atoms with Gasteiger partial charge in [-0.1, -0.05) is 29.8 Å². The number of benzene rings is 2. The van der Waals surface area contributed by atoms with Crippen molar-refractivity contribution in [3.8, 4) is 0 Å². The molecule has 0 spiro atoms. The Balaban J connectivity index is 1.83. The molecule has 0 radical (unpaired) electrons. The first-order valence-electron chi connectivity index (χ1n) is 6.61. The van der Waals surface area contributed by atoms with Gasteiger partial charge in [0.25, 0.3) is 6.01 Å². The molecule has 0 bridgehead atoms. The highest BCUT2D eigenvalue weighted by molar-refractivity contribution is 5.78. The van der Waals surface area contributed by atoms with Crippen molar-refractivity contribution in [1.82, 2.24) is 4.98 Å². The van der Waals surface area contributed by atoms with Gasteiger partial charge in [0.05, 0.1) is 6.04 Å². The fourth-order valence-electron chi connectivity index (χ4n) is 2.13. The van der Waals surface area contributed by atoms with Crippen LogP contribution in [0, 0.1) is 6.92 Å². The van der Waals surface area contributed by atoms with Gasteiger partial charge in [0.1, 0.15) is 5.52 Å². The zero-order valence-corrected chi connectivity index (χ0v) is 11.6.